The van der Waals surface area contributed by atoms with E-state index in [1.165, 1.54) is 57.5 Å². The Balaban J connectivity index is -0.000000851. The lowest BCUT2D eigenvalue weighted by atomic mass is 9.83. The van der Waals surface area contributed by atoms with Crippen LogP contribution >= 0.6 is 11.6 Å². The van der Waals surface area contributed by atoms with E-state index in [1.807, 2.05) is 26.8 Å². The second-order valence-electron chi connectivity index (χ2n) is 13.3. The van der Waals surface area contributed by atoms with E-state index in [0.29, 0.717) is 5.92 Å². The average Bonchev–Trinajstić information content (AvgIpc) is 3.08. The third-order valence-electron chi connectivity index (χ3n) is 7.87. The van der Waals surface area contributed by atoms with Crippen molar-refractivity contribution in [1.82, 2.24) is 0 Å². The van der Waals surface area contributed by atoms with Gasteiger partial charge in [-0.2, -0.15) is 0 Å². The summed E-state index contributed by atoms with van der Waals surface area (Å²) in [5.41, 5.74) is 12.0. The zero-order valence-corrected chi connectivity index (χ0v) is 36.4. The minimum absolute atomic E-state index is 0.368. The van der Waals surface area contributed by atoms with Gasteiger partial charge in [-0.05, 0) is 134 Å². The molecule has 0 fully saturated rings. The van der Waals surface area contributed by atoms with Crippen LogP contribution in [-0.2, 0) is 11.2 Å². The van der Waals surface area contributed by atoms with Crippen LogP contribution in [0.25, 0.3) is 5.57 Å². The van der Waals surface area contributed by atoms with Gasteiger partial charge in [0.05, 0.1) is 0 Å². The molecule has 1 atom stereocenters. The summed E-state index contributed by atoms with van der Waals surface area (Å²) < 4.78 is 5.13. The molecule has 0 bridgehead atoms. The molecule has 2 nitrogen and oxygen atoms in total. The first kappa shape index (κ1) is 51.9. The minimum Gasteiger partial charge on any atom is -0.381 e. The minimum atomic E-state index is 0.368. The van der Waals surface area contributed by atoms with Crippen molar-refractivity contribution < 1.29 is 4.74 Å². The molecule has 1 aromatic carbocycles. The maximum atomic E-state index is 6.44. The van der Waals surface area contributed by atoms with Gasteiger partial charge < -0.3 is 4.74 Å². The molecule has 0 radical (unpaired) electrons. The highest BCUT2D eigenvalue weighted by Gasteiger charge is 2.17. The van der Waals surface area contributed by atoms with E-state index in [2.05, 4.69) is 137 Å². The molecule has 1 rings (SSSR count). The van der Waals surface area contributed by atoms with Gasteiger partial charge in [0.1, 0.15) is 0 Å². The molecule has 1 unspecified atom stereocenters. The molecule has 0 N–H and O–H groups in total. The van der Waals surface area contributed by atoms with Gasteiger partial charge in [0.2, 0.25) is 0 Å². The van der Waals surface area contributed by atoms with E-state index in [-0.39, 0.29) is 0 Å². The van der Waals surface area contributed by atoms with Gasteiger partial charge >= 0.3 is 0 Å². The van der Waals surface area contributed by atoms with Crippen LogP contribution in [0.15, 0.2) is 88.1 Å². The average molecular weight is 711 g/mol. The number of aliphatic imine (C=N–C) groups is 1. The van der Waals surface area contributed by atoms with E-state index >= 15 is 0 Å². The normalized spacial score (nSPS) is 13.4. The van der Waals surface area contributed by atoms with Crippen molar-refractivity contribution in [3.63, 3.8) is 0 Å². The van der Waals surface area contributed by atoms with Crippen LogP contribution in [0.3, 0.4) is 0 Å². The number of aryl methyl sites for hydroxylation is 1. The van der Waals surface area contributed by atoms with Crippen LogP contribution in [-0.4, -0.2) is 18.9 Å². The summed E-state index contributed by atoms with van der Waals surface area (Å²) in [5.74, 6) is 0.368. The second kappa shape index (κ2) is 35.0. The van der Waals surface area contributed by atoms with Crippen molar-refractivity contribution in [1.29, 1.82) is 0 Å². The molecule has 0 saturated carbocycles. The van der Waals surface area contributed by atoms with Gasteiger partial charge in [0.15, 0.2) is 0 Å². The molecule has 0 aromatic heterocycles. The van der Waals surface area contributed by atoms with Crippen LogP contribution in [0, 0.1) is 5.92 Å². The molecule has 0 saturated heterocycles. The monoisotopic (exact) mass is 710 g/mol. The lowest BCUT2D eigenvalue weighted by molar-refractivity contribution is 0.135. The van der Waals surface area contributed by atoms with Crippen molar-refractivity contribution in [2.24, 2.45) is 10.9 Å². The Labute approximate surface area is 318 Å². The predicted molar refractivity (Wildman–Crippen MR) is 233 cm³/mol. The maximum absolute atomic E-state index is 6.44. The fourth-order valence-corrected chi connectivity index (χ4v) is 4.90. The Bertz CT molecular complexity index is 1200. The summed E-state index contributed by atoms with van der Waals surface area (Å²) in [6.07, 6.45) is 22.4. The van der Waals surface area contributed by atoms with Crippen LogP contribution in [0.5, 0.6) is 0 Å². The Morgan fingerprint density at radius 3 is 1.92 bits per heavy atom. The van der Waals surface area contributed by atoms with Gasteiger partial charge in [-0.15, -0.1) is 6.58 Å². The molecule has 3 heteroatoms. The van der Waals surface area contributed by atoms with Crippen molar-refractivity contribution in [3.8, 4) is 0 Å². The number of rotatable bonds is 18. The zero-order valence-electron chi connectivity index (χ0n) is 35.6. The first-order chi connectivity index (χ1) is 23.7. The van der Waals surface area contributed by atoms with E-state index in [0.717, 1.165) is 75.3 Å². The van der Waals surface area contributed by atoms with E-state index in [4.69, 9.17) is 16.3 Å². The highest BCUT2D eigenvalue weighted by atomic mass is 35.5. The number of benzene rings is 1. The van der Waals surface area contributed by atoms with Crippen molar-refractivity contribution in [2.45, 2.75) is 168 Å². The molecule has 0 amide bonds. The standard InChI is InChI=1S/C28H41Cl.C9H17N.C6H14O.C4H8/c1-8-12-15-27(28-20-26(29)19-18-25(28)14-10-3)23(7)22(6)24(13-9-2)17-16-21(5)11-4;1-5-7-9(4)10-8(3)6-2;1-3-5-7-6-4-2;1-4(2)3/h9,13,16-20,22H,8,10-12,14-15H2,1-7H3;7H,5-6H2,1-4H3;3-6H2,1-2H3;1H2,2-3H3/b13-9-,21-16+,24-17+,27-23+;9-7+,10-8?;;. The van der Waals surface area contributed by atoms with Crippen LogP contribution in [0.4, 0.5) is 0 Å². The lowest BCUT2D eigenvalue weighted by Gasteiger charge is -2.22. The van der Waals surface area contributed by atoms with Crippen molar-refractivity contribution >= 4 is 22.9 Å². The van der Waals surface area contributed by atoms with E-state index in [1.54, 1.807) is 0 Å². The Morgan fingerprint density at radius 1 is 0.860 bits per heavy atom. The summed E-state index contributed by atoms with van der Waals surface area (Å²) >= 11 is 6.44. The number of nitrogens with zero attached hydrogens (tertiary/aromatic N) is 1. The Kier molecular flexibility index (Phi) is 36.4. The Hall–Kier alpha value is -2.42. The summed E-state index contributed by atoms with van der Waals surface area (Å²) in [7, 11) is 0. The molecule has 286 valence electrons. The highest BCUT2D eigenvalue weighted by Crippen LogP contribution is 2.35. The fourth-order valence-electron chi connectivity index (χ4n) is 4.73. The van der Waals surface area contributed by atoms with Gasteiger partial charge in [-0.3, -0.25) is 4.99 Å². The molecule has 0 aliphatic rings. The topological polar surface area (TPSA) is 21.6 Å². The molecule has 0 spiro atoms. The number of halogens is 1. The first-order valence-corrected chi connectivity index (χ1v) is 20.0. The summed E-state index contributed by atoms with van der Waals surface area (Å²) in [6, 6.07) is 6.45. The summed E-state index contributed by atoms with van der Waals surface area (Å²) in [5, 5.41) is 0.833. The smallest absolute Gasteiger partial charge is 0.0463 e. The van der Waals surface area contributed by atoms with Gasteiger partial charge in [-0.1, -0.05) is 133 Å². The predicted octanol–water partition coefficient (Wildman–Crippen LogP) is 16.3. The number of allylic oxidation sites excluding steroid dienone is 11. The molecular formula is C47H80ClNO. The van der Waals surface area contributed by atoms with Crippen molar-refractivity contribution in [3.05, 3.63) is 99.3 Å². The number of hydrogen-bond acceptors (Lipinski definition) is 2. The quantitative estimate of drug-likeness (QED) is 0.0643. The number of unbranched alkanes of at least 4 members (excludes halogenated alkanes) is 1. The summed E-state index contributed by atoms with van der Waals surface area (Å²) in [4.78, 5) is 4.36. The third-order valence-corrected chi connectivity index (χ3v) is 8.11. The largest absolute Gasteiger partial charge is 0.381 e. The molecular weight excluding hydrogens is 630 g/mol. The van der Waals surface area contributed by atoms with Gasteiger partial charge in [0.25, 0.3) is 0 Å². The van der Waals surface area contributed by atoms with Gasteiger partial charge in [0, 0.05) is 35.6 Å². The molecule has 0 heterocycles. The number of ether oxygens (including phenoxy) is 1. The fraction of sp³-hybridized carbons (Fsp3) is 0.596. The Morgan fingerprint density at radius 2 is 1.46 bits per heavy atom. The van der Waals surface area contributed by atoms with Crippen LogP contribution in [0.1, 0.15) is 173 Å². The highest BCUT2D eigenvalue weighted by molar-refractivity contribution is 6.30. The molecule has 0 aliphatic heterocycles. The van der Waals surface area contributed by atoms with Crippen LogP contribution < -0.4 is 0 Å². The zero-order chi connectivity index (χ0) is 38.9. The molecule has 50 heavy (non-hydrogen) atoms. The summed E-state index contributed by atoms with van der Waals surface area (Å²) in [6.45, 7) is 37.6. The number of hydrogen-bond donors (Lipinski definition) is 0. The van der Waals surface area contributed by atoms with E-state index < -0.39 is 0 Å². The first-order valence-electron chi connectivity index (χ1n) is 19.6. The lowest BCUT2D eigenvalue weighted by Crippen LogP contribution is -2.05. The van der Waals surface area contributed by atoms with Crippen LogP contribution in [0.2, 0.25) is 5.02 Å². The molecule has 0 aliphatic carbocycles. The van der Waals surface area contributed by atoms with Crippen molar-refractivity contribution in [2.75, 3.05) is 13.2 Å². The van der Waals surface area contributed by atoms with E-state index in [9.17, 15) is 0 Å². The third kappa shape index (κ3) is 28.3. The SMILES string of the molecule is C=C(C)C.CC/C=C(\C)N=C(C)CC.CCCOCCC.C\C=C/C(=C\C=C(/C)CC)C(C)/C(C)=C(\CCCC)c1cc(Cl)ccc1CCC. The van der Waals surface area contributed by atoms with Gasteiger partial charge in [-0.25, -0.2) is 0 Å². The molecule has 1 aromatic rings. The maximum Gasteiger partial charge on any atom is 0.0463 e. The second-order valence-corrected chi connectivity index (χ2v) is 13.8.